The van der Waals surface area contributed by atoms with Crippen LogP contribution in [-0.4, -0.2) is 6.61 Å². The molecule has 0 heterocycles. The lowest BCUT2D eigenvalue weighted by Crippen LogP contribution is -1.96. The zero-order valence-electron chi connectivity index (χ0n) is 20.0. The van der Waals surface area contributed by atoms with Gasteiger partial charge in [-0.25, -0.2) is 0 Å². The predicted octanol–water partition coefficient (Wildman–Crippen LogP) is 8.71. The standard InChI is InChI=1S/C31H38O/c1-3-5-7-9-10-12-27-15-19-30-25-28(16-20-29(30)24-27)14-13-26-17-21-31(22-18-26)32-23-11-8-6-4-2/h15-22,24-25H,3-12,23H2,1-2H3. The zero-order chi connectivity index (χ0) is 22.4. The van der Waals surface area contributed by atoms with Gasteiger partial charge < -0.3 is 4.74 Å². The highest BCUT2D eigenvalue weighted by atomic mass is 16.5. The Kier molecular flexibility index (Phi) is 10.2. The Bertz CT molecular complexity index is 1000. The fourth-order valence-electron chi connectivity index (χ4n) is 3.96. The van der Waals surface area contributed by atoms with E-state index in [1.807, 2.05) is 24.3 Å². The molecule has 0 amide bonds. The van der Waals surface area contributed by atoms with Crippen LogP contribution in [0.5, 0.6) is 5.75 Å². The van der Waals surface area contributed by atoms with Crippen LogP contribution in [0.4, 0.5) is 0 Å². The molecule has 0 aliphatic rings. The van der Waals surface area contributed by atoms with Crippen LogP contribution in [0.2, 0.25) is 0 Å². The van der Waals surface area contributed by atoms with Crippen LogP contribution in [0.1, 0.15) is 88.3 Å². The van der Waals surface area contributed by atoms with Gasteiger partial charge in [-0.3, -0.25) is 0 Å². The highest BCUT2D eigenvalue weighted by Gasteiger charge is 1.99. The minimum absolute atomic E-state index is 0.794. The largest absolute Gasteiger partial charge is 0.494 e. The van der Waals surface area contributed by atoms with Crippen molar-refractivity contribution < 1.29 is 4.74 Å². The number of ether oxygens (including phenoxy) is 1. The second-order valence-electron chi connectivity index (χ2n) is 8.74. The second kappa shape index (κ2) is 13.6. The molecular weight excluding hydrogens is 388 g/mol. The Labute approximate surface area is 195 Å². The normalized spacial score (nSPS) is 10.7. The van der Waals surface area contributed by atoms with Crippen molar-refractivity contribution in [1.82, 2.24) is 0 Å². The molecule has 0 saturated carbocycles. The average molecular weight is 427 g/mol. The molecule has 0 unspecified atom stereocenters. The van der Waals surface area contributed by atoms with E-state index < -0.39 is 0 Å². The molecule has 1 heteroatoms. The first-order valence-corrected chi connectivity index (χ1v) is 12.6. The first-order chi connectivity index (χ1) is 15.8. The Balaban J connectivity index is 1.54. The lowest BCUT2D eigenvalue weighted by atomic mass is 10.0. The minimum Gasteiger partial charge on any atom is -0.494 e. The molecule has 0 radical (unpaired) electrons. The molecular formula is C31H38O. The number of fused-ring (bicyclic) bond motifs is 1. The molecule has 0 spiro atoms. The van der Waals surface area contributed by atoms with E-state index in [-0.39, 0.29) is 0 Å². The van der Waals surface area contributed by atoms with Gasteiger partial charge in [0.05, 0.1) is 6.61 Å². The Morgan fingerprint density at radius 1 is 0.594 bits per heavy atom. The van der Waals surface area contributed by atoms with E-state index in [2.05, 4.69) is 62.1 Å². The van der Waals surface area contributed by atoms with Gasteiger partial charge in [0.15, 0.2) is 0 Å². The molecule has 0 atom stereocenters. The van der Waals surface area contributed by atoms with Gasteiger partial charge in [-0.1, -0.05) is 94.9 Å². The van der Waals surface area contributed by atoms with Gasteiger partial charge in [0, 0.05) is 11.1 Å². The Hall–Kier alpha value is -2.72. The summed E-state index contributed by atoms with van der Waals surface area (Å²) in [6.07, 6.45) is 12.7. The monoisotopic (exact) mass is 426 g/mol. The van der Waals surface area contributed by atoms with Crippen molar-refractivity contribution in [3.05, 3.63) is 77.4 Å². The van der Waals surface area contributed by atoms with Gasteiger partial charge in [0.1, 0.15) is 5.75 Å². The average Bonchev–Trinajstić information content (AvgIpc) is 2.83. The van der Waals surface area contributed by atoms with Crippen molar-refractivity contribution in [2.75, 3.05) is 6.61 Å². The van der Waals surface area contributed by atoms with Crippen LogP contribution in [0.15, 0.2) is 60.7 Å². The topological polar surface area (TPSA) is 9.23 Å². The van der Waals surface area contributed by atoms with E-state index in [4.69, 9.17) is 4.74 Å². The lowest BCUT2D eigenvalue weighted by Gasteiger charge is -2.05. The van der Waals surface area contributed by atoms with Crippen molar-refractivity contribution in [2.24, 2.45) is 0 Å². The first-order valence-electron chi connectivity index (χ1n) is 12.6. The van der Waals surface area contributed by atoms with E-state index in [1.165, 1.54) is 74.1 Å². The summed E-state index contributed by atoms with van der Waals surface area (Å²) < 4.78 is 5.82. The smallest absolute Gasteiger partial charge is 0.119 e. The third-order valence-electron chi connectivity index (χ3n) is 5.95. The minimum atomic E-state index is 0.794. The molecule has 0 aliphatic carbocycles. The van der Waals surface area contributed by atoms with Crippen LogP contribution >= 0.6 is 0 Å². The molecule has 0 bridgehead atoms. The maximum absolute atomic E-state index is 5.82. The third-order valence-corrected chi connectivity index (χ3v) is 5.95. The molecule has 0 saturated heterocycles. The molecule has 168 valence electrons. The zero-order valence-corrected chi connectivity index (χ0v) is 20.0. The quantitative estimate of drug-likeness (QED) is 0.208. The molecule has 0 fully saturated rings. The summed E-state index contributed by atoms with van der Waals surface area (Å²) in [5.74, 6) is 7.53. The summed E-state index contributed by atoms with van der Waals surface area (Å²) in [7, 11) is 0. The van der Waals surface area contributed by atoms with Crippen LogP contribution in [-0.2, 0) is 6.42 Å². The summed E-state index contributed by atoms with van der Waals surface area (Å²) in [6, 6.07) is 21.5. The van der Waals surface area contributed by atoms with Gasteiger partial charge in [-0.2, -0.15) is 0 Å². The molecule has 0 aromatic heterocycles. The first kappa shape index (κ1) is 23.9. The van der Waals surface area contributed by atoms with Gasteiger partial charge in [0.2, 0.25) is 0 Å². The molecule has 3 aromatic rings. The molecule has 0 aliphatic heterocycles. The van der Waals surface area contributed by atoms with Gasteiger partial charge >= 0.3 is 0 Å². The summed E-state index contributed by atoms with van der Waals surface area (Å²) in [6.45, 7) is 5.29. The molecule has 1 nitrogen and oxygen atoms in total. The molecule has 32 heavy (non-hydrogen) atoms. The van der Waals surface area contributed by atoms with E-state index in [0.29, 0.717) is 0 Å². The Morgan fingerprint density at radius 2 is 1.22 bits per heavy atom. The summed E-state index contributed by atoms with van der Waals surface area (Å²) in [4.78, 5) is 0. The van der Waals surface area contributed by atoms with Crippen LogP contribution < -0.4 is 4.74 Å². The number of hydrogen-bond donors (Lipinski definition) is 0. The van der Waals surface area contributed by atoms with Crippen LogP contribution in [0.3, 0.4) is 0 Å². The number of unbranched alkanes of at least 4 members (excludes halogenated alkanes) is 7. The van der Waals surface area contributed by atoms with Crippen molar-refractivity contribution in [1.29, 1.82) is 0 Å². The molecule has 0 N–H and O–H groups in total. The highest BCUT2D eigenvalue weighted by Crippen LogP contribution is 2.20. The predicted molar refractivity (Wildman–Crippen MR) is 138 cm³/mol. The van der Waals surface area contributed by atoms with Crippen molar-refractivity contribution >= 4 is 10.8 Å². The van der Waals surface area contributed by atoms with E-state index in [1.54, 1.807) is 0 Å². The maximum atomic E-state index is 5.82. The van der Waals surface area contributed by atoms with Crippen molar-refractivity contribution in [3.8, 4) is 17.6 Å². The van der Waals surface area contributed by atoms with Crippen molar-refractivity contribution in [2.45, 2.75) is 78.1 Å². The summed E-state index contributed by atoms with van der Waals surface area (Å²) in [5, 5.41) is 2.57. The fourth-order valence-corrected chi connectivity index (χ4v) is 3.96. The number of rotatable bonds is 12. The number of aryl methyl sites for hydroxylation is 1. The van der Waals surface area contributed by atoms with E-state index >= 15 is 0 Å². The second-order valence-corrected chi connectivity index (χ2v) is 8.74. The van der Waals surface area contributed by atoms with Gasteiger partial charge in [-0.05, 0) is 72.0 Å². The lowest BCUT2D eigenvalue weighted by molar-refractivity contribution is 0.305. The molecule has 3 rings (SSSR count). The van der Waals surface area contributed by atoms with Gasteiger partial charge in [0.25, 0.3) is 0 Å². The van der Waals surface area contributed by atoms with Crippen molar-refractivity contribution in [3.63, 3.8) is 0 Å². The third kappa shape index (κ3) is 8.08. The number of hydrogen-bond acceptors (Lipinski definition) is 1. The SMILES string of the molecule is CCCCCCCc1ccc2cc(C#Cc3ccc(OCCCCCC)cc3)ccc2c1. The van der Waals surface area contributed by atoms with E-state index in [9.17, 15) is 0 Å². The number of benzene rings is 3. The van der Waals surface area contributed by atoms with Crippen LogP contribution in [0, 0.1) is 11.8 Å². The fraction of sp³-hybridized carbons (Fsp3) is 0.419. The molecule has 3 aromatic carbocycles. The van der Waals surface area contributed by atoms with E-state index in [0.717, 1.165) is 29.9 Å². The maximum Gasteiger partial charge on any atom is 0.119 e. The Morgan fingerprint density at radius 3 is 2.00 bits per heavy atom. The van der Waals surface area contributed by atoms with Gasteiger partial charge in [-0.15, -0.1) is 0 Å². The summed E-state index contributed by atoms with van der Waals surface area (Å²) >= 11 is 0. The highest BCUT2D eigenvalue weighted by molar-refractivity contribution is 5.84. The summed E-state index contributed by atoms with van der Waals surface area (Å²) in [5.41, 5.74) is 3.52. The van der Waals surface area contributed by atoms with Crippen LogP contribution in [0.25, 0.3) is 10.8 Å².